The molecule has 0 bridgehead atoms. The topological polar surface area (TPSA) is 87.5 Å². The molecule has 0 aliphatic rings. The van der Waals surface area contributed by atoms with Crippen LogP contribution in [0.5, 0.6) is 17.2 Å². The van der Waals surface area contributed by atoms with Gasteiger partial charge in [0.15, 0.2) is 0 Å². The monoisotopic (exact) mass is 335 g/mol. The molecule has 0 aromatic heterocycles. The maximum atomic E-state index is 10.1. The molecule has 0 aliphatic heterocycles. The van der Waals surface area contributed by atoms with E-state index in [2.05, 4.69) is 23.9 Å². The minimum atomic E-state index is -0.123. The summed E-state index contributed by atoms with van der Waals surface area (Å²) in [6, 6.07) is 3.15. The summed E-state index contributed by atoms with van der Waals surface area (Å²) in [5, 5.41) is 13.6. The normalized spacial score (nSPS) is 10.2. The van der Waals surface area contributed by atoms with Crippen molar-refractivity contribution in [3.63, 3.8) is 0 Å². The van der Waals surface area contributed by atoms with Crippen LogP contribution in [0.3, 0.4) is 0 Å². The zero-order valence-corrected chi connectivity index (χ0v) is 14.8. The van der Waals surface area contributed by atoms with Gasteiger partial charge in [-0.25, -0.2) is 0 Å². The van der Waals surface area contributed by atoms with Crippen molar-refractivity contribution in [2.45, 2.75) is 65.2 Å². The van der Waals surface area contributed by atoms with Gasteiger partial charge in [0, 0.05) is 17.0 Å². The van der Waals surface area contributed by atoms with Crippen LogP contribution in [0.2, 0.25) is 0 Å². The van der Waals surface area contributed by atoms with E-state index in [4.69, 9.17) is 15.0 Å². The highest BCUT2D eigenvalue weighted by molar-refractivity contribution is 5.64. The van der Waals surface area contributed by atoms with Crippen molar-refractivity contribution in [3.05, 3.63) is 22.6 Å². The van der Waals surface area contributed by atoms with E-state index in [9.17, 15) is 5.11 Å². The molecular formula is C18H29N3O3. The second-order valence-electron chi connectivity index (χ2n) is 5.80. The molecule has 134 valence electrons. The average molecular weight is 335 g/mol. The lowest BCUT2D eigenvalue weighted by molar-refractivity contribution is 0.288. The van der Waals surface area contributed by atoms with Crippen LogP contribution in [-0.4, -0.2) is 18.3 Å². The van der Waals surface area contributed by atoms with Crippen molar-refractivity contribution in [2.75, 3.05) is 13.2 Å². The van der Waals surface area contributed by atoms with E-state index in [0.717, 1.165) is 32.1 Å². The zero-order chi connectivity index (χ0) is 17.6. The molecule has 1 aromatic rings. The Labute approximate surface area is 144 Å². The fraction of sp³-hybridized carbons (Fsp3) is 0.667. The molecule has 0 radical (unpaired) electrons. The van der Waals surface area contributed by atoms with Crippen LogP contribution in [0, 0.1) is 0 Å². The van der Waals surface area contributed by atoms with E-state index in [1.54, 1.807) is 6.07 Å². The van der Waals surface area contributed by atoms with Gasteiger partial charge >= 0.3 is 0 Å². The number of hydrogen-bond acceptors (Lipinski definition) is 4. The first-order chi connectivity index (χ1) is 11.7. The average Bonchev–Trinajstić information content (AvgIpc) is 2.57. The first kappa shape index (κ1) is 20.0. The summed E-state index contributed by atoms with van der Waals surface area (Å²) in [5.74, 6) is 0.778. The lowest BCUT2D eigenvalue weighted by atomic mass is 10.2. The summed E-state index contributed by atoms with van der Waals surface area (Å²) in [6.45, 7) is 5.43. The molecule has 6 nitrogen and oxygen atoms in total. The predicted octanol–water partition coefficient (Wildman–Crippen LogP) is 6.25. The smallest absolute Gasteiger partial charge is 0.136 e. The highest BCUT2D eigenvalue weighted by atomic mass is 16.5. The molecule has 1 N–H and O–H groups in total. The van der Waals surface area contributed by atoms with Crippen LogP contribution >= 0.6 is 0 Å². The zero-order valence-electron chi connectivity index (χ0n) is 14.8. The first-order valence-corrected chi connectivity index (χ1v) is 8.90. The number of phenolic OH excluding ortho intramolecular Hbond substituents is 1. The second kappa shape index (κ2) is 12.4. The highest BCUT2D eigenvalue weighted by Gasteiger charge is 2.11. The molecule has 6 heteroatoms. The lowest BCUT2D eigenvalue weighted by Crippen LogP contribution is -2.00. The minimum absolute atomic E-state index is 0.117. The Morgan fingerprint density at radius 2 is 1.58 bits per heavy atom. The van der Waals surface area contributed by atoms with Crippen LogP contribution < -0.4 is 9.47 Å². The summed E-state index contributed by atoms with van der Waals surface area (Å²) >= 11 is 0. The standard InChI is InChI=1S/C18H29N3O3/c1-3-5-7-9-11-23-15-13-16(22)18(20-21-19)17(14-15)24-12-10-8-6-4-2/h13-14,22H,3-12H2,1-2H3. The number of hydrogen-bond donors (Lipinski definition) is 1. The number of nitrogens with zero attached hydrogens (tertiary/aromatic N) is 3. The van der Waals surface area contributed by atoms with Crippen molar-refractivity contribution >= 4 is 5.69 Å². The second-order valence-corrected chi connectivity index (χ2v) is 5.80. The Hall–Kier alpha value is -2.07. The van der Waals surface area contributed by atoms with Gasteiger partial charge in [-0.1, -0.05) is 57.5 Å². The third-order valence-corrected chi connectivity index (χ3v) is 3.70. The fourth-order valence-electron chi connectivity index (χ4n) is 2.34. The van der Waals surface area contributed by atoms with Crippen molar-refractivity contribution in [1.29, 1.82) is 0 Å². The van der Waals surface area contributed by atoms with Crippen LogP contribution in [0.25, 0.3) is 10.4 Å². The van der Waals surface area contributed by atoms with E-state index in [-0.39, 0.29) is 11.4 Å². The van der Waals surface area contributed by atoms with Gasteiger partial charge in [-0.05, 0) is 18.4 Å². The number of azide groups is 1. The van der Waals surface area contributed by atoms with Crippen LogP contribution in [0.4, 0.5) is 5.69 Å². The van der Waals surface area contributed by atoms with Gasteiger partial charge in [0.1, 0.15) is 22.9 Å². The Morgan fingerprint density at radius 1 is 0.958 bits per heavy atom. The highest BCUT2D eigenvalue weighted by Crippen LogP contribution is 2.41. The van der Waals surface area contributed by atoms with Gasteiger partial charge in [0.2, 0.25) is 0 Å². The molecule has 24 heavy (non-hydrogen) atoms. The number of aromatic hydroxyl groups is 1. The van der Waals surface area contributed by atoms with Crippen molar-refractivity contribution < 1.29 is 14.6 Å². The van der Waals surface area contributed by atoms with Gasteiger partial charge < -0.3 is 14.6 Å². The summed E-state index contributed by atoms with van der Waals surface area (Å²) in [4.78, 5) is 2.75. The van der Waals surface area contributed by atoms with E-state index in [0.29, 0.717) is 24.7 Å². The predicted molar refractivity (Wildman–Crippen MR) is 96.2 cm³/mol. The number of ether oxygens (including phenoxy) is 2. The van der Waals surface area contributed by atoms with Gasteiger partial charge in [0.05, 0.1) is 13.2 Å². The molecule has 0 heterocycles. The van der Waals surface area contributed by atoms with E-state index in [1.165, 1.54) is 25.3 Å². The number of unbranched alkanes of at least 4 members (excludes halogenated alkanes) is 6. The van der Waals surface area contributed by atoms with E-state index in [1.807, 2.05) is 0 Å². The van der Waals surface area contributed by atoms with Crippen LogP contribution in [0.15, 0.2) is 17.2 Å². The summed E-state index contributed by atoms with van der Waals surface area (Å²) in [5.41, 5.74) is 8.78. The summed E-state index contributed by atoms with van der Waals surface area (Å²) in [7, 11) is 0. The quantitative estimate of drug-likeness (QED) is 0.200. The molecule has 0 aliphatic carbocycles. The number of benzene rings is 1. The Morgan fingerprint density at radius 3 is 2.17 bits per heavy atom. The van der Waals surface area contributed by atoms with E-state index >= 15 is 0 Å². The maximum absolute atomic E-state index is 10.1. The van der Waals surface area contributed by atoms with Gasteiger partial charge in [-0.2, -0.15) is 0 Å². The van der Waals surface area contributed by atoms with E-state index < -0.39 is 0 Å². The molecule has 0 saturated heterocycles. The maximum Gasteiger partial charge on any atom is 0.136 e. The molecule has 1 rings (SSSR count). The SMILES string of the molecule is CCCCCCOc1cc(O)c(N=[N+]=[N-])c(OCCCCCC)c1. The van der Waals surface area contributed by atoms with Gasteiger partial charge in [-0.3, -0.25) is 0 Å². The Bertz CT molecular complexity index is 528. The van der Waals surface area contributed by atoms with Gasteiger partial charge in [-0.15, -0.1) is 0 Å². The summed E-state index contributed by atoms with van der Waals surface area (Å²) in [6.07, 6.45) is 8.80. The lowest BCUT2D eigenvalue weighted by Gasteiger charge is -2.13. The Balaban J connectivity index is 2.68. The molecule has 0 fully saturated rings. The third kappa shape index (κ3) is 7.47. The fourth-order valence-corrected chi connectivity index (χ4v) is 2.34. The number of phenols is 1. The molecule has 0 saturated carbocycles. The molecule has 0 amide bonds. The Kier molecular flexibility index (Phi) is 10.3. The number of rotatable bonds is 13. The molecule has 0 unspecified atom stereocenters. The van der Waals surface area contributed by atoms with Crippen molar-refractivity contribution in [2.24, 2.45) is 5.11 Å². The van der Waals surface area contributed by atoms with Crippen LogP contribution in [0.1, 0.15) is 65.2 Å². The summed E-state index contributed by atoms with van der Waals surface area (Å²) < 4.78 is 11.4. The van der Waals surface area contributed by atoms with Crippen molar-refractivity contribution in [1.82, 2.24) is 0 Å². The molecule has 0 spiro atoms. The first-order valence-electron chi connectivity index (χ1n) is 8.90. The molecular weight excluding hydrogens is 306 g/mol. The van der Waals surface area contributed by atoms with Crippen molar-refractivity contribution in [3.8, 4) is 17.2 Å². The van der Waals surface area contributed by atoms with Crippen LogP contribution in [-0.2, 0) is 0 Å². The largest absolute Gasteiger partial charge is 0.507 e. The minimum Gasteiger partial charge on any atom is -0.507 e. The third-order valence-electron chi connectivity index (χ3n) is 3.70. The van der Waals surface area contributed by atoms with Gasteiger partial charge in [0.25, 0.3) is 0 Å². The molecule has 1 aromatic carbocycles. The molecule has 0 atom stereocenters.